The lowest BCUT2D eigenvalue weighted by molar-refractivity contribution is 0.0947. The predicted molar refractivity (Wildman–Crippen MR) is 89.8 cm³/mol. The molecule has 0 saturated heterocycles. The van der Waals surface area contributed by atoms with E-state index >= 15 is 0 Å². The molecule has 0 aliphatic heterocycles. The maximum atomic E-state index is 12.0. The third kappa shape index (κ3) is 4.52. The van der Waals surface area contributed by atoms with Crippen LogP contribution in [0.5, 0.6) is 5.75 Å². The zero-order chi connectivity index (χ0) is 15.9. The van der Waals surface area contributed by atoms with Gasteiger partial charge in [0.05, 0.1) is 6.54 Å². The molecule has 4 nitrogen and oxygen atoms in total. The Morgan fingerprint density at radius 1 is 1.05 bits per heavy atom. The van der Waals surface area contributed by atoms with Crippen molar-refractivity contribution in [3.05, 3.63) is 59.7 Å². The molecule has 2 rings (SSSR count). The number of rotatable bonds is 6. The van der Waals surface area contributed by atoms with Gasteiger partial charge in [-0.25, -0.2) is 0 Å². The van der Waals surface area contributed by atoms with E-state index in [0.29, 0.717) is 18.7 Å². The van der Waals surface area contributed by atoms with Crippen LogP contribution in [0, 0.1) is 6.92 Å². The van der Waals surface area contributed by atoms with Crippen molar-refractivity contribution >= 4 is 11.6 Å². The number of amides is 1. The molecule has 0 spiro atoms. The van der Waals surface area contributed by atoms with Gasteiger partial charge < -0.3 is 15.0 Å². The van der Waals surface area contributed by atoms with Gasteiger partial charge in [0.15, 0.2) is 0 Å². The minimum Gasteiger partial charge on any atom is -0.492 e. The Hall–Kier alpha value is -2.49. The summed E-state index contributed by atoms with van der Waals surface area (Å²) in [5.41, 5.74) is 2.92. The summed E-state index contributed by atoms with van der Waals surface area (Å²) in [5.74, 6) is 0.730. The van der Waals surface area contributed by atoms with Crippen molar-refractivity contribution in [1.29, 1.82) is 0 Å². The Morgan fingerprint density at radius 3 is 2.27 bits per heavy atom. The first kappa shape index (κ1) is 15.9. The first-order chi connectivity index (χ1) is 10.6. The van der Waals surface area contributed by atoms with E-state index in [1.807, 2.05) is 74.4 Å². The summed E-state index contributed by atoms with van der Waals surface area (Å²) in [6.07, 6.45) is 0. The highest BCUT2D eigenvalue weighted by molar-refractivity contribution is 5.94. The number of hydrogen-bond donors (Lipinski definition) is 1. The van der Waals surface area contributed by atoms with Crippen LogP contribution in [0.25, 0.3) is 0 Å². The largest absolute Gasteiger partial charge is 0.492 e. The van der Waals surface area contributed by atoms with Crippen LogP contribution in [0.3, 0.4) is 0 Å². The number of carbonyl (C=O) groups is 1. The second-order valence-corrected chi connectivity index (χ2v) is 5.36. The number of anilines is 1. The average molecular weight is 298 g/mol. The van der Waals surface area contributed by atoms with Crippen LogP contribution in [0.2, 0.25) is 0 Å². The normalized spacial score (nSPS) is 10.1. The Kier molecular flexibility index (Phi) is 5.42. The Labute approximate surface area is 131 Å². The lowest BCUT2D eigenvalue weighted by atomic mass is 10.2. The molecule has 1 N–H and O–H groups in total. The molecule has 0 aromatic heterocycles. The van der Waals surface area contributed by atoms with Crippen molar-refractivity contribution in [1.82, 2.24) is 5.32 Å². The van der Waals surface area contributed by atoms with E-state index in [1.54, 1.807) is 0 Å². The molecule has 0 bridgehead atoms. The standard InChI is InChI=1S/C18H22N2O2/c1-14-4-10-17(11-5-14)22-13-12-19-18(21)15-6-8-16(9-7-15)20(2)3/h4-11H,12-13H2,1-3H3,(H,19,21). The lowest BCUT2D eigenvalue weighted by Gasteiger charge is -2.12. The van der Waals surface area contributed by atoms with Gasteiger partial charge in [0.1, 0.15) is 12.4 Å². The first-order valence-corrected chi connectivity index (χ1v) is 7.31. The van der Waals surface area contributed by atoms with Crippen LogP contribution in [-0.2, 0) is 0 Å². The molecule has 2 aromatic rings. The van der Waals surface area contributed by atoms with Gasteiger partial charge in [0, 0.05) is 25.3 Å². The van der Waals surface area contributed by atoms with Gasteiger partial charge in [-0.1, -0.05) is 17.7 Å². The zero-order valence-electron chi connectivity index (χ0n) is 13.3. The molecular weight excluding hydrogens is 276 g/mol. The molecule has 0 aliphatic carbocycles. The van der Waals surface area contributed by atoms with E-state index in [0.717, 1.165) is 11.4 Å². The number of benzene rings is 2. The quantitative estimate of drug-likeness (QED) is 0.834. The summed E-state index contributed by atoms with van der Waals surface area (Å²) in [5, 5.41) is 2.85. The van der Waals surface area contributed by atoms with Crippen molar-refractivity contribution in [3.8, 4) is 5.75 Å². The third-order valence-corrected chi connectivity index (χ3v) is 3.32. The van der Waals surface area contributed by atoms with Crippen LogP contribution in [-0.4, -0.2) is 33.2 Å². The molecule has 0 radical (unpaired) electrons. The van der Waals surface area contributed by atoms with Crippen LogP contribution in [0.15, 0.2) is 48.5 Å². The highest BCUT2D eigenvalue weighted by Gasteiger charge is 2.05. The topological polar surface area (TPSA) is 41.6 Å². The van der Waals surface area contributed by atoms with Crippen molar-refractivity contribution in [3.63, 3.8) is 0 Å². The number of nitrogens with one attached hydrogen (secondary N) is 1. The number of ether oxygens (including phenoxy) is 1. The number of carbonyl (C=O) groups excluding carboxylic acids is 1. The summed E-state index contributed by atoms with van der Waals surface area (Å²) in [6.45, 7) is 2.96. The fourth-order valence-electron chi connectivity index (χ4n) is 1.98. The van der Waals surface area contributed by atoms with Crippen LogP contribution < -0.4 is 15.0 Å². The SMILES string of the molecule is Cc1ccc(OCCNC(=O)c2ccc(N(C)C)cc2)cc1. The summed E-state index contributed by atoms with van der Waals surface area (Å²) >= 11 is 0. The molecule has 0 heterocycles. The molecule has 116 valence electrons. The van der Waals surface area contributed by atoms with Crippen molar-refractivity contribution in [2.45, 2.75) is 6.92 Å². The van der Waals surface area contributed by atoms with Crippen LogP contribution >= 0.6 is 0 Å². The van der Waals surface area contributed by atoms with Gasteiger partial charge in [0.2, 0.25) is 0 Å². The summed E-state index contributed by atoms with van der Waals surface area (Å²) in [6, 6.07) is 15.4. The van der Waals surface area contributed by atoms with Gasteiger partial charge in [-0.15, -0.1) is 0 Å². The first-order valence-electron chi connectivity index (χ1n) is 7.31. The molecule has 4 heteroatoms. The molecule has 0 unspecified atom stereocenters. The molecule has 0 aliphatic rings. The molecule has 2 aromatic carbocycles. The molecular formula is C18H22N2O2. The van der Waals surface area contributed by atoms with Gasteiger partial charge in [0.25, 0.3) is 5.91 Å². The fourth-order valence-corrected chi connectivity index (χ4v) is 1.98. The second kappa shape index (κ2) is 7.50. The maximum absolute atomic E-state index is 12.0. The monoisotopic (exact) mass is 298 g/mol. The summed E-state index contributed by atoms with van der Waals surface area (Å²) in [4.78, 5) is 14.0. The average Bonchev–Trinajstić information content (AvgIpc) is 2.53. The minimum absolute atomic E-state index is 0.0854. The minimum atomic E-state index is -0.0854. The highest BCUT2D eigenvalue weighted by Crippen LogP contribution is 2.12. The number of nitrogens with zero attached hydrogens (tertiary/aromatic N) is 1. The van der Waals surface area contributed by atoms with Crippen LogP contribution in [0.1, 0.15) is 15.9 Å². The summed E-state index contributed by atoms with van der Waals surface area (Å²) < 4.78 is 5.58. The Balaban J connectivity index is 1.76. The molecule has 0 fully saturated rings. The predicted octanol–water partition coefficient (Wildman–Crippen LogP) is 2.87. The van der Waals surface area contributed by atoms with E-state index in [-0.39, 0.29) is 5.91 Å². The van der Waals surface area contributed by atoms with E-state index in [4.69, 9.17) is 4.74 Å². The van der Waals surface area contributed by atoms with Crippen LogP contribution in [0.4, 0.5) is 5.69 Å². The van der Waals surface area contributed by atoms with E-state index in [9.17, 15) is 4.79 Å². The van der Waals surface area contributed by atoms with Crippen molar-refractivity contribution in [2.75, 3.05) is 32.1 Å². The van der Waals surface area contributed by atoms with Gasteiger partial charge in [-0.05, 0) is 43.3 Å². The summed E-state index contributed by atoms with van der Waals surface area (Å²) in [7, 11) is 3.94. The van der Waals surface area contributed by atoms with E-state index < -0.39 is 0 Å². The van der Waals surface area contributed by atoms with Gasteiger partial charge in [-0.3, -0.25) is 4.79 Å². The van der Waals surface area contributed by atoms with E-state index in [2.05, 4.69) is 5.32 Å². The fraction of sp³-hybridized carbons (Fsp3) is 0.278. The van der Waals surface area contributed by atoms with Gasteiger partial charge >= 0.3 is 0 Å². The highest BCUT2D eigenvalue weighted by atomic mass is 16.5. The molecule has 1 amide bonds. The lowest BCUT2D eigenvalue weighted by Crippen LogP contribution is -2.28. The Morgan fingerprint density at radius 2 is 1.68 bits per heavy atom. The number of hydrogen-bond acceptors (Lipinski definition) is 3. The van der Waals surface area contributed by atoms with E-state index in [1.165, 1.54) is 5.56 Å². The molecule has 22 heavy (non-hydrogen) atoms. The number of aryl methyl sites for hydroxylation is 1. The third-order valence-electron chi connectivity index (χ3n) is 3.32. The van der Waals surface area contributed by atoms with Gasteiger partial charge in [-0.2, -0.15) is 0 Å². The Bertz CT molecular complexity index is 604. The molecule has 0 saturated carbocycles. The van der Waals surface area contributed by atoms with Crippen molar-refractivity contribution in [2.24, 2.45) is 0 Å². The maximum Gasteiger partial charge on any atom is 0.251 e. The van der Waals surface area contributed by atoms with Crippen molar-refractivity contribution < 1.29 is 9.53 Å². The smallest absolute Gasteiger partial charge is 0.251 e. The zero-order valence-corrected chi connectivity index (χ0v) is 13.3. The second-order valence-electron chi connectivity index (χ2n) is 5.36. The molecule has 0 atom stereocenters.